The first kappa shape index (κ1) is 9.15. The molecule has 3 nitrogen and oxygen atoms in total. The Morgan fingerprint density at radius 1 is 1.43 bits per heavy atom. The normalized spacial score (nSPS) is 12.3. The molecule has 14 heavy (non-hydrogen) atoms. The number of hydrogen-bond acceptors (Lipinski definition) is 2. The monoisotopic (exact) mass is 194 g/mol. The maximum Gasteiger partial charge on any atom is 0.130 e. The van der Waals surface area contributed by atoms with Crippen LogP contribution in [0.15, 0.2) is 18.3 Å². The van der Waals surface area contributed by atoms with E-state index in [2.05, 4.69) is 10.2 Å². The highest BCUT2D eigenvalue weighted by Crippen LogP contribution is 2.26. The molecule has 0 unspecified atom stereocenters. The van der Waals surface area contributed by atoms with E-state index in [-0.39, 0.29) is 5.56 Å². The van der Waals surface area contributed by atoms with Gasteiger partial charge in [0.2, 0.25) is 0 Å². The van der Waals surface area contributed by atoms with Crippen molar-refractivity contribution in [2.75, 3.05) is 0 Å². The van der Waals surface area contributed by atoms with Gasteiger partial charge in [-0.3, -0.25) is 5.10 Å². The van der Waals surface area contributed by atoms with E-state index in [9.17, 15) is 9.50 Å². The van der Waals surface area contributed by atoms with E-state index in [0.29, 0.717) is 5.39 Å². The van der Waals surface area contributed by atoms with Gasteiger partial charge in [-0.25, -0.2) is 4.39 Å². The van der Waals surface area contributed by atoms with E-state index in [1.54, 1.807) is 26.1 Å². The number of nitrogens with zero attached hydrogens (tertiary/aromatic N) is 1. The Morgan fingerprint density at radius 3 is 2.79 bits per heavy atom. The quantitative estimate of drug-likeness (QED) is 0.728. The average molecular weight is 194 g/mol. The number of nitrogens with one attached hydrogen (secondary N) is 1. The van der Waals surface area contributed by atoms with Crippen molar-refractivity contribution in [1.29, 1.82) is 0 Å². The Morgan fingerprint density at radius 2 is 2.14 bits per heavy atom. The van der Waals surface area contributed by atoms with Gasteiger partial charge in [0.15, 0.2) is 0 Å². The highest BCUT2D eigenvalue weighted by Gasteiger charge is 2.21. The minimum absolute atomic E-state index is 0.272. The highest BCUT2D eigenvalue weighted by atomic mass is 19.1. The molecule has 74 valence electrons. The first-order chi connectivity index (χ1) is 6.48. The van der Waals surface area contributed by atoms with Crippen molar-refractivity contribution < 1.29 is 9.50 Å². The first-order valence-electron chi connectivity index (χ1n) is 4.34. The minimum atomic E-state index is -1.18. The van der Waals surface area contributed by atoms with E-state index in [1.165, 1.54) is 6.07 Å². The lowest BCUT2D eigenvalue weighted by Gasteiger charge is -2.18. The maximum absolute atomic E-state index is 13.5. The van der Waals surface area contributed by atoms with Gasteiger partial charge in [-0.05, 0) is 26.0 Å². The minimum Gasteiger partial charge on any atom is -0.386 e. The Balaban J connectivity index is 2.71. The topological polar surface area (TPSA) is 48.9 Å². The summed E-state index contributed by atoms with van der Waals surface area (Å²) in [5, 5.41) is 16.9. The first-order valence-corrected chi connectivity index (χ1v) is 4.34. The zero-order valence-electron chi connectivity index (χ0n) is 8.00. The van der Waals surface area contributed by atoms with Crippen LogP contribution in [0.2, 0.25) is 0 Å². The largest absolute Gasteiger partial charge is 0.386 e. The number of aliphatic hydroxyl groups is 1. The Kier molecular flexibility index (Phi) is 1.82. The number of rotatable bonds is 1. The molecule has 0 aliphatic carbocycles. The molecule has 1 aromatic carbocycles. The van der Waals surface area contributed by atoms with Gasteiger partial charge in [-0.2, -0.15) is 5.10 Å². The van der Waals surface area contributed by atoms with Crippen LogP contribution < -0.4 is 0 Å². The van der Waals surface area contributed by atoms with Crippen LogP contribution in [0.1, 0.15) is 19.4 Å². The second-order valence-corrected chi connectivity index (χ2v) is 3.85. The molecular formula is C10H11FN2O. The van der Waals surface area contributed by atoms with Gasteiger partial charge >= 0.3 is 0 Å². The second-order valence-electron chi connectivity index (χ2n) is 3.85. The number of halogens is 1. The number of H-pyrrole nitrogens is 1. The molecule has 0 saturated carbocycles. The Labute approximate surface area is 80.6 Å². The summed E-state index contributed by atoms with van der Waals surface area (Å²) in [7, 11) is 0. The fourth-order valence-electron chi connectivity index (χ4n) is 1.43. The summed E-state index contributed by atoms with van der Waals surface area (Å²) >= 11 is 0. The molecular weight excluding hydrogens is 183 g/mol. The van der Waals surface area contributed by atoms with Crippen LogP contribution in [-0.4, -0.2) is 15.3 Å². The molecule has 0 fully saturated rings. The molecule has 2 aromatic rings. The number of aromatic nitrogens is 2. The molecule has 4 heteroatoms. The molecule has 0 radical (unpaired) electrons. The van der Waals surface area contributed by atoms with Gasteiger partial charge in [0, 0.05) is 10.9 Å². The number of aromatic amines is 1. The van der Waals surface area contributed by atoms with Crippen molar-refractivity contribution in [2.24, 2.45) is 0 Å². The van der Waals surface area contributed by atoms with Crippen LogP contribution in [-0.2, 0) is 5.60 Å². The second kappa shape index (κ2) is 2.78. The van der Waals surface area contributed by atoms with Crippen LogP contribution in [0.25, 0.3) is 10.9 Å². The fraction of sp³-hybridized carbons (Fsp3) is 0.300. The summed E-state index contributed by atoms with van der Waals surface area (Å²) in [6.45, 7) is 3.10. The van der Waals surface area contributed by atoms with Gasteiger partial charge < -0.3 is 5.11 Å². The van der Waals surface area contributed by atoms with Crippen molar-refractivity contribution in [2.45, 2.75) is 19.4 Å². The van der Waals surface area contributed by atoms with Crippen molar-refractivity contribution in [1.82, 2.24) is 10.2 Å². The third-order valence-corrected chi connectivity index (χ3v) is 2.19. The number of fused-ring (bicyclic) bond motifs is 1. The van der Waals surface area contributed by atoms with Crippen molar-refractivity contribution in [3.05, 3.63) is 29.7 Å². The smallest absolute Gasteiger partial charge is 0.130 e. The van der Waals surface area contributed by atoms with Crippen LogP contribution in [0.5, 0.6) is 0 Å². The summed E-state index contributed by atoms with van der Waals surface area (Å²) in [4.78, 5) is 0. The zero-order chi connectivity index (χ0) is 10.3. The third kappa shape index (κ3) is 1.37. The zero-order valence-corrected chi connectivity index (χ0v) is 8.00. The molecule has 2 N–H and O–H groups in total. The highest BCUT2D eigenvalue weighted by molar-refractivity contribution is 5.78. The molecule has 1 heterocycles. The van der Waals surface area contributed by atoms with Crippen LogP contribution in [0, 0.1) is 5.82 Å². The average Bonchev–Trinajstić information content (AvgIpc) is 2.47. The van der Waals surface area contributed by atoms with E-state index in [1.807, 2.05) is 0 Å². The van der Waals surface area contributed by atoms with E-state index in [0.717, 1.165) is 5.52 Å². The van der Waals surface area contributed by atoms with Crippen LogP contribution >= 0.6 is 0 Å². The fourth-order valence-corrected chi connectivity index (χ4v) is 1.43. The SMILES string of the molecule is CC(C)(O)c1cc2[nH]ncc2cc1F. The third-order valence-electron chi connectivity index (χ3n) is 2.19. The summed E-state index contributed by atoms with van der Waals surface area (Å²) < 4.78 is 13.5. The molecule has 0 bridgehead atoms. The molecule has 0 saturated heterocycles. The lowest BCUT2D eigenvalue weighted by molar-refractivity contribution is 0.0747. The van der Waals surface area contributed by atoms with Gasteiger partial charge in [-0.1, -0.05) is 0 Å². The lowest BCUT2D eigenvalue weighted by Crippen LogP contribution is -2.17. The molecule has 1 aromatic heterocycles. The van der Waals surface area contributed by atoms with Crippen molar-refractivity contribution in [3.8, 4) is 0 Å². The van der Waals surface area contributed by atoms with Gasteiger partial charge in [-0.15, -0.1) is 0 Å². The number of benzene rings is 1. The van der Waals surface area contributed by atoms with Gasteiger partial charge in [0.1, 0.15) is 5.82 Å². The van der Waals surface area contributed by atoms with Crippen molar-refractivity contribution >= 4 is 10.9 Å². The molecule has 0 aliphatic rings. The van der Waals surface area contributed by atoms with Crippen molar-refractivity contribution in [3.63, 3.8) is 0 Å². The predicted octanol–water partition coefficient (Wildman–Crippen LogP) is 1.93. The number of hydrogen-bond donors (Lipinski definition) is 2. The molecule has 0 aliphatic heterocycles. The predicted molar refractivity (Wildman–Crippen MR) is 51.3 cm³/mol. The molecule has 2 rings (SSSR count). The van der Waals surface area contributed by atoms with E-state index in [4.69, 9.17) is 0 Å². The summed E-state index contributed by atoms with van der Waals surface area (Å²) in [5.41, 5.74) is -0.179. The van der Waals surface area contributed by atoms with Crippen LogP contribution in [0.4, 0.5) is 4.39 Å². The summed E-state index contributed by atoms with van der Waals surface area (Å²) in [6, 6.07) is 2.95. The van der Waals surface area contributed by atoms with Gasteiger partial charge in [0.05, 0.1) is 17.3 Å². The van der Waals surface area contributed by atoms with Crippen LogP contribution in [0.3, 0.4) is 0 Å². The maximum atomic E-state index is 13.5. The molecule has 0 amide bonds. The Hall–Kier alpha value is -1.42. The standard InChI is InChI=1S/C10H11FN2O/c1-10(2,14)7-4-9-6(3-8(7)11)5-12-13-9/h3-5,14H,1-2H3,(H,12,13). The van der Waals surface area contributed by atoms with E-state index >= 15 is 0 Å². The lowest BCUT2D eigenvalue weighted by atomic mass is 9.97. The van der Waals surface area contributed by atoms with Gasteiger partial charge in [0.25, 0.3) is 0 Å². The summed E-state index contributed by atoms with van der Waals surface area (Å²) in [6.07, 6.45) is 1.55. The molecule has 0 spiro atoms. The summed E-state index contributed by atoms with van der Waals surface area (Å²) in [5.74, 6) is -0.411. The molecule has 0 atom stereocenters. The van der Waals surface area contributed by atoms with E-state index < -0.39 is 11.4 Å². The Bertz CT molecular complexity index is 470.